The lowest BCUT2D eigenvalue weighted by atomic mass is 9.94. The Morgan fingerprint density at radius 2 is 1.57 bits per heavy atom. The number of benzene rings is 3. The van der Waals surface area contributed by atoms with Gasteiger partial charge in [-0.05, 0) is 67.9 Å². The largest absolute Gasteiger partial charge is 0.507 e. The van der Waals surface area contributed by atoms with Crippen LogP contribution in [-0.4, -0.2) is 40.2 Å². The van der Waals surface area contributed by atoms with Crippen LogP contribution in [-0.2, 0) is 9.59 Å². The number of carbonyl (C=O) groups is 2. The van der Waals surface area contributed by atoms with Crippen molar-refractivity contribution in [2.24, 2.45) is 0 Å². The van der Waals surface area contributed by atoms with Crippen LogP contribution in [0.4, 0.5) is 5.69 Å². The van der Waals surface area contributed by atoms with Crippen LogP contribution >= 0.6 is 23.2 Å². The second kappa shape index (κ2) is 10.6. The van der Waals surface area contributed by atoms with E-state index in [0.717, 1.165) is 4.90 Å². The lowest BCUT2D eigenvalue weighted by Gasteiger charge is -2.26. The Labute approximate surface area is 222 Å². The van der Waals surface area contributed by atoms with Gasteiger partial charge in [0.05, 0.1) is 35.5 Å². The monoisotopic (exact) mass is 543 g/mol. The summed E-state index contributed by atoms with van der Waals surface area (Å²) in [5.41, 5.74) is 0.244. The molecular formula is C27H23Cl2NO7. The highest BCUT2D eigenvalue weighted by Crippen LogP contribution is 2.47. The van der Waals surface area contributed by atoms with Gasteiger partial charge < -0.3 is 24.8 Å². The molecule has 37 heavy (non-hydrogen) atoms. The number of rotatable bonds is 7. The van der Waals surface area contributed by atoms with Crippen molar-refractivity contribution in [1.29, 1.82) is 0 Å². The minimum absolute atomic E-state index is 0.0317. The lowest BCUT2D eigenvalue weighted by Crippen LogP contribution is -2.29. The molecule has 1 saturated heterocycles. The molecule has 0 aromatic heterocycles. The third-order valence-corrected chi connectivity index (χ3v) is 6.29. The number of nitrogens with zero attached hydrogens (tertiary/aromatic N) is 1. The molecule has 4 rings (SSSR count). The molecule has 1 atom stereocenters. The molecule has 0 saturated carbocycles. The van der Waals surface area contributed by atoms with Crippen LogP contribution in [0.1, 0.15) is 31.0 Å². The molecule has 3 aromatic carbocycles. The van der Waals surface area contributed by atoms with Crippen LogP contribution in [0.3, 0.4) is 0 Å². The number of ketones is 1. The van der Waals surface area contributed by atoms with Crippen LogP contribution in [0, 0.1) is 0 Å². The first-order chi connectivity index (χ1) is 17.7. The molecule has 0 bridgehead atoms. The van der Waals surface area contributed by atoms with Gasteiger partial charge in [0.25, 0.3) is 11.7 Å². The fraction of sp³-hybridized carbons (Fsp3) is 0.185. The van der Waals surface area contributed by atoms with E-state index in [0.29, 0.717) is 17.2 Å². The summed E-state index contributed by atoms with van der Waals surface area (Å²) in [5.74, 6) is -2.50. The van der Waals surface area contributed by atoms with Crippen LogP contribution in [0.25, 0.3) is 5.76 Å². The van der Waals surface area contributed by atoms with Crippen LogP contribution < -0.4 is 14.4 Å². The van der Waals surface area contributed by atoms with Gasteiger partial charge in [0, 0.05) is 10.6 Å². The highest BCUT2D eigenvalue weighted by Gasteiger charge is 2.48. The van der Waals surface area contributed by atoms with Gasteiger partial charge in [-0.1, -0.05) is 29.3 Å². The maximum absolute atomic E-state index is 13.4. The number of aliphatic hydroxyl groups excluding tert-OH is 1. The highest BCUT2D eigenvalue weighted by molar-refractivity contribution is 6.52. The van der Waals surface area contributed by atoms with Crippen molar-refractivity contribution in [1.82, 2.24) is 0 Å². The zero-order chi connectivity index (χ0) is 26.9. The van der Waals surface area contributed by atoms with E-state index < -0.39 is 23.5 Å². The van der Waals surface area contributed by atoms with Gasteiger partial charge in [-0.15, -0.1) is 0 Å². The van der Waals surface area contributed by atoms with Crippen molar-refractivity contribution >= 4 is 46.3 Å². The third-order valence-electron chi connectivity index (χ3n) is 5.75. The number of aromatic hydroxyl groups is 2. The molecule has 1 aliphatic heterocycles. The number of anilines is 1. The molecule has 0 radical (unpaired) electrons. The predicted molar refractivity (Wildman–Crippen MR) is 140 cm³/mol. The van der Waals surface area contributed by atoms with Gasteiger partial charge in [0.15, 0.2) is 11.5 Å². The third kappa shape index (κ3) is 4.90. The molecule has 1 amide bonds. The first-order valence-corrected chi connectivity index (χ1v) is 12.1. The molecule has 10 heteroatoms. The number of amides is 1. The van der Waals surface area contributed by atoms with E-state index in [1.54, 1.807) is 13.8 Å². The van der Waals surface area contributed by atoms with Crippen LogP contribution in [0.2, 0.25) is 10.0 Å². The van der Waals surface area contributed by atoms with Crippen molar-refractivity contribution in [2.75, 3.05) is 18.1 Å². The maximum Gasteiger partial charge on any atom is 0.300 e. The fourth-order valence-electron chi connectivity index (χ4n) is 4.13. The molecule has 1 aliphatic rings. The molecule has 3 aromatic rings. The van der Waals surface area contributed by atoms with Gasteiger partial charge in [-0.3, -0.25) is 14.5 Å². The number of hydrogen-bond donors (Lipinski definition) is 3. The van der Waals surface area contributed by atoms with Crippen molar-refractivity contribution in [3.63, 3.8) is 0 Å². The number of hydrogen-bond acceptors (Lipinski definition) is 7. The van der Waals surface area contributed by atoms with Gasteiger partial charge in [0.2, 0.25) is 0 Å². The first kappa shape index (κ1) is 26.2. The Morgan fingerprint density at radius 1 is 0.892 bits per heavy atom. The molecule has 0 spiro atoms. The number of aliphatic hydroxyl groups is 1. The summed E-state index contributed by atoms with van der Waals surface area (Å²) in [4.78, 5) is 27.8. The topological polar surface area (TPSA) is 117 Å². The van der Waals surface area contributed by atoms with E-state index >= 15 is 0 Å². The molecular weight excluding hydrogens is 521 g/mol. The summed E-state index contributed by atoms with van der Waals surface area (Å²) in [6, 6.07) is 11.6. The van der Waals surface area contributed by atoms with E-state index in [1.165, 1.54) is 54.6 Å². The molecule has 192 valence electrons. The van der Waals surface area contributed by atoms with E-state index in [1.807, 2.05) is 0 Å². The van der Waals surface area contributed by atoms with Crippen molar-refractivity contribution < 1.29 is 34.4 Å². The standard InChI is InChI=1S/C27H23Cl2NO7/c1-3-36-21-12-15(5-8-17(21)29)25(33)23-24(14-6-9-20(32)22(11-14)37-4-2)30(27(35)26(23)34)18-13-16(28)7-10-19(18)31/h5-13,24,31-33H,3-4H2,1-2H3/b25-23+. The van der Waals surface area contributed by atoms with E-state index in [-0.39, 0.29) is 51.5 Å². The van der Waals surface area contributed by atoms with Crippen molar-refractivity contribution in [3.8, 4) is 23.0 Å². The maximum atomic E-state index is 13.4. The van der Waals surface area contributed by atoms with Crippen LogP contribution in [0.5, 0.6) is 23.0 Å². The first-order valence-electron chi connectivity index (χ1n) is 11.4. The Balaban J connectivity index is 1.99. The van der Waals surface area contributed by atoms with E-state index in [9.17, 15) is 24.9 Å². The average Bonchev–Trinajstić information content (AvgIpc) is 3.13. The zero-order valence-corrected chi connectivity index (χ0v) is 21.4. The molecule has 3 N–H and O–H groups in total. The second-order valence-electron chi connectivity index (χ2n) is 8.04. The summed E-state index contributed by atoms with van der Waals surface area (Å²) in [7, 11) is 0. The second-order valence-corrected chi connectivity index (χ2v) is 8.88. The van der Waals surface area contributed by atoms with Crippen molar-refractivity contribution in [2.45, 2.75) is 19.9 Å². The number of ether oxygens (including phenoxy) is 2. The Bertz CT molecular complexity index is 1420. The number of Topliss-reactive ketones (excluding diaryl/α,β-unsaturated/α-hetero) is 1. The van der Waals surface area contributed by atoms with E-state index in [2.05, 4.69) is 0 Å². The smallest absolute Gasteiger partial charge is 0.300 e. The highest BCUT2D eigenvalue weighted by atomic mass is 35.5. The summed E-state index contributed by atoms with van der Waals surface area (Å²) >= 11 is 12.3. The van der Waals surface area contributed by atoms with Crippen molar-refractivity contribution in [3.05, 3.63) is 81.3 Å². The lowest BCUT2D eigenvalue weighted by molar-refractivity contribution is -0.132. The quantitative estimate of drug-likeness (QED) is 0.195. The molecule has 0 aliphatic carbocycles. The predicted octanol–water partition coefficient (Wildman–Crippen LogP) is 5.83. The summed E-state index contributed by atoms with van der Waals surface area (Å²) in [5, 5.41) is 32.7. The minimum Gasteiger partial charge on any atom is -0.507 e. The SMILES string of the molecule is CCOc1cc(C2/C(=C(\O)c3ccc(Cl)c(OCC)c3)C(=O)C(=O)N2c2cc(Cl)ccc2O)ccc1O. The number of phenolic OH excluding ortho intramolecular Hbond substituents is 2. The molecule has 1 fully saturated rings. The van der Waals surface area contributed by atoms with Crippen LogP contribution in [0.15, 0.2) is 60.2 Å². The average molecular weight is 544 g/mol. The Morgan fingerprint density at radius 3 is 2.27 bits per heavy atom. The summed E-state index contributed by atoms with van der Waals surface area (Å²) < 4.78 is 11.0. The summed E-state index contributed by atoms with van der Waals surface area (Å²) in [6.45, 7) is 4.07. The normalized spacial score (nSPS) is 16.8. The van der Waals surface area contributed by atoms with Gasteiger partial charge >= 0.3 is 0 Å². The molecule has 1 heterocycles. The zero-order valence-electron chi connectivity index (χ0n) is 19.9. The van der Waals surface area contributed by atoms with Gasteiger partial charge in [-0.25, -0.2) is 0 Å². The molecule has 1 unspecified atom stereocenters. The fourth-order valence-corrected chi connectivity index (χ4v) is 4.47. The number of halogens is 2. The summed E-state index contributed by atoms with van der Waals surface area (Å²) in [6.07, 6.45) is 0. The number of carbonyl (C=O) groups excluding carboxylic acids is 2. The molecule has 8 nitrogen and oxygen atoms in total. The Hall–Kier alpha value is -3.88. The van der Waals surface area contributed by atoms with E-state index in [4.69, 9.17) is 32.7 Å². The van der Waals surface area contributed by atoms with Gasteiger partial charge in [0.1, 0.15) is 17.3 Å². The van der Waals surface area contributed by atoms with Gasteiger partial charge in [-0.2, -0.15) is 0 Å². The Kier molecular flexibility index (Phi) is 7.52. The minimum atomic E-state index is -1.20. The number of phenols is 2.